The van der Waals surface area contributed by atoms with Crippen molar-refractivity contribution in [1.82, 2.24) is 5.32 Å². The number of aromatic nitrogens is 1. The molecule has 0 bridgehead atoms. The predicted octanol–water partition coefficient (Wildman–Crippen LogP) is 3.97. The Labute approximate surface area is 175 Å². The van der Waals surface area contributed by atoms with Gasteiger partial charge in [0.25, 0.3) is 6.04 Å². The minimum absolute atomic E-state index is 0.201. The molecular weight excluding hydrogens is 387 g/mol. The summed E-state index contributed by atoms with van der Waals surface area (Å²) in [6.45, 7) is 2.42. The molecule has 1 N–H and O–H groups in total. The third kappa shape index (κ3) is 5.23. The fraction of sp³-hybridized carbons (Fsp3) is 0.174. The second kappa shape index (κ2) is 9.39. The van der Waals surface area contributed by atoms with Crippen molar-refractivity contribution in [3.63, 3.8) is 0 Å². The summed E-state index contributed by atoms with van der Waals surface area (Å²) >= 11 is 5.60. The lowest BCUT2D eigenvalue weighted by atomic mass is 10.0. The normalized spacial score (nSPS) is 11.6. The molecule has 0 amide bonds. The van der Waals surface area contributed by atoms with Crippen molar-refractivity contribution in [2.45, 2.75) is 19.5 Å². The Morgan fingerprint density at radius 3 is 2.45 bits per heavy atom. The number of halogens is 1. The van der Waals surface area contributed by atoms with Crippen LogP contribution in [-0.4, -0.2) is 17.9 Å². The van der Waals surface area contributed by atoms with E-state index in [1.807, 2.05) is 49.5 Å². The average Bonchev–Trinajstić information content (AvgIpc) is 2.73. The molecule has 0 spiro atoms. The quantitative estimate of drug-likeness (QED) is 0.364. The molecule has 148 valence electrons. The lowest BCUT2D eigenvalue weighted by Gasteiger charge is -2.15. The second-order valence-corrected chi connectivity index (χ2v) is 7.11. The number of carbonyl (C=O) groups excluding carboxylic acids is 1. The molecule has 1 atom stereocenters. The number of rotatable bonds is 7. The second-order valence-electron chi connectivity index (χ2n) is 6.67. The molecule has 3 rings (SSSR count). The van der Waals surface area contributed by atoms with Crippen molar-refractivity contribution in [3.8, 4) is 5.75 Å². The molecule has 1 aromatic heterocycles. The van der Waals surface area contributed by atoms with E-state index in [1.54, 1.807) is 17.9 Å². The summed E-state index contributed by atoms with van der Waals surface area (Å²) < 4.78 is 20.2. The minimum atomic E-state index is -0.728. The summed E-state index contributed by atoms with van der Waals surface area (Å²) in [5.74, 6) is 0.186. The van der Waals surface area contributed by atoms with Crippen molar-refractivity contribution in [2.75, 3.05) is 7.11 Å². The number of Topliss-reactive ketones (excluding diaryl/α,β-unsaturated/α-hetero) is 1. The number of benzene rings is 2. The van der Waals surface area contributed by atoms with Crippen molar-refractivity contribution < 1.29 is 18.5 Å². The van der Waals surface area contributed by atoms with Crippen molar-refractivity contribution in [3.05, 3.63) is 95.6 Å². The monoisotopic (exact) mass is 409 g/mol. The number of hydrogen-bond donors (Lipinski definition) is 1. The zero-order valence-electron chi connectivity index (χ0n) is 16.3. The average molecular weight is 410 g/mol. The van der Waals surface area contributed by atoms with Gasteiger partial charge in [-0.25, -0.2) is 4.39 Å². The van der Waals surface area contributed by atoms with Crippen LogP contribution in [0.5, 0.6) is 5.75 Å². The Kier molecular flexibility index (Phi) is 6.67. The molecule has 0 aliphatic heterocycles. The molecule has 6 heteroatoms. The highest BCUT2D eigenvalue weighted by Crippen LogP contribution is 2.14. The fourth-order valence-electron chi connectivity index (χ4n) is 2.97. The topological polar surface area (TPSA) is 42.2 Å². The molecule has 4 nitrogen and oxygen atoms in total. The van der Waals surface area contributed by atoms with Gasteiger partial charge in [0, 0.05) is 23.7 Å². The van der Waals surface area contributed by atoms with E-state index in [1.165, 1.54) is 24.3 Å². The lowest BCUT2D eigenvalue weighted by molar-refractivity contribution is -0.692. The summed E-state index contributed by atoms with van der Waals surface area (Å²) in [5, 5.41) is 3.19. The van der Waals surface area contributed by atoms with Gasteiger partial charge >= 0.3 is 0 Å². The fourth-order valence-corrected chi connectivity index (χ4v) is 3.27. The molecule has 0 saturated carbocycles. The number of pyridine rings is 1. The maximum absolute atomic E-state index is 13.3. The Hall–Kier alpha value is -3.12. The number of methoxy groups -OCH3 is 1. The van der Waals surface area contributed by atoms with E-state index < -0.39 is 6.04 Å². The molecule has 0 fully saturated rings. The number of nitrogens with one attached hydrogen (secondary N) is 1. The summed E-state index contributed by atoms with van der Waals surface area (Å²) in [6, 6.07) is 16.2. The molecule has 3 aromatic rings. The largest absolute Gasteiger partial charge is 0.497 e. The standard InChI is InChI=1S/C23H21FN2O2S/c1-16-4-3-13-26(15-16)21(22(27)18-7-9-19(24)10-8-18)23(29)25-14-17-5-11-20(28-2)12-6-17/h3-13,15,21H,14H2,1-2H3/p+1/t21-/m0/s1. The summed E-state index contributed by atoms with van der Waals surface area (Å²) in [5.41, 5.74) is 2.41. The molecule has 0 unspecified atom stereocenters. The molecule has 0 saturated heterocycles. The third-order valence-electron chi connectivity index (χ3n) is 4.52. The first-order valence-electron chi connectivity index (χ1n) is 9.16. The van der Waals surface area contributed by atoms with Gasteiger partial charge in [-0.3, -0.25) is 4.79 Å². The van der Waals surface area contributed by atoms with Gasteiger partial charge in [0.2, 0.25) is 5.78 Å². The molecule has 29 heavy (non-hydrogen) atoms. The van der Waals surface area contributed by atoms with E-state index in [-0.39, 0.29) is 11.6 Å². The summed E-state index contributed by atoms with van der Waals surface area (Å²) in [4.78, 5) is 13.6. The van der Waals surface area contributed by atoms with Crippen molar-refractivity contribution >= 4 is 23.0 Å². The zero-order valence-corrected chi connectivity index (χ0v) is 17.1. The van der Waals surface area contributed by atoms with Crippen molar-refractivity contribution in [1.29, 1.82) is 0 Å². The molecule has 0 aliphatic rings. The smallest absolute Gasteiger partial charge is 0.270 e. The highest BCUT2D eigenvalue weighted by atomic mass is 32.1. The van der Waals surface area contributed by atoms with E-state index in [0.717, 1.165) is 16.9 Å². The van der Waals surface area contributed by atoms with Crippen LogP contribution in [0.15, 0.2) is 73.1 Å². The highest BCUT2D eigenvalue weighted by Gasteiger charge is 2.33. The van der Waals surface area contributed by atoms with Crippen LogP contribution in [0.3, 0.4) is 0 Å². The summed E-state index contributed by atoms with van der Waals surface area (Å²) in [7, 11) is 1.62. The van der Waals surface area contributed by atoms with Gasteiger partial charge in [-0.15, -0.1) is 0 Å². The van der Waals surface area contributed by atoms with Crippen LogP contribution in [0.4, 0.5) is 4.39 Å². The maximum atomic E-state index is 13.3. The number of ether oxygens (including phenoxy) is 1. The number of carbonyl (C=O) groups is 1. The van der Waals surface area contributed by atoms with Crippen molar-refractivity contribution in [2.24, 2.45) is 0 Å². The maximum Gasteiger partial charge on any atom is 0.270 e. The Bertz CT molecular complexity index is 1000. The number of nitrogens with zero attached hydrogens (tertiary/aromatic N) is 1. The minimum Gasteiger partial charge on any atom is -0.497 e. The van der Waals surface area contributed by atoms with Crippen LogP contribution in [-0.2, 0) is 6.54 Å². The van der Waals surface area contributed by atoms with E-state index >= 15 is 0 Å². The Balaban J connectivity index is 1.84. The summed E-state index contributed by atoms with van der Waals surface area (Å²) in [6.07, 6.45) is 3.67. The number of hydrogen-bond acceptors (Lipinski definition) is 3. The predicted molar refractivity (Wildman–Crippen MR) is 114 cm³/mol. The lowest BCUT2D eigenvalue weighted by Crippen LogP contribution is -2.51. The Morgan fingerprint density at radius 1 is 1.14 bits per heavy atom. The van der Waals surface area contributed by atoms with E-state index in [4.69, 9.17) is 17.0 Å². The van der Waals surface area contributed by atoms with Gasteiger partial charge < -0.3 is 10.1 Å². The van der Waals surface area contributed by atoms with E-state index in [0.29, 0.717) is 17.1 Å². The number of aryl methyl sites for hydroxylation is 1. The van der Waals surface area contributed by atoms with Crippen LogP contribution in [0.1, 0.15) is 27.5 Å². The molecule has 0 aliphatic carbocycles. The first kappa shape index (κ1) is 20.6. The van der Waals surface area contributed by atoms with Gasteiger partial charge in [-0.2, -0.15) is 4.57 Å². The van der Waals surface area contributed by atoms with Gasteiger partial charge in [0.05, 0.1) is 7.11 Å². The first-order chi connectivity index (χ1) is 14.0. The zero-order chi connectivity index (χ0) is 20.8. The van der Waals surface area contributed by atoms with Gasteiger partial charge in [0.15, 0.2) is 17.4 Å². The van der Waals surface area contributed by atoms with E-state index in [2.05, 4.69) is 5.32 Å². The molecule has 1 heterocycles. The highest BCUT2D eigenvalue weighted by molar-refractivity contribution is 7.80. The Morgan fingerprint density at radius 2 is 1.83 bits per heavy atom. The molecule has 2 aromatic carbocycles. The van der Waals surface area contributed by atoms with E-state index in [9.17, 15) is 9.18 Å². The molecule has 0 radical (unpaired) electrons. The van der Waals surface area contributed by atoms with Gasteiger partial charge in [-0.1, -0.05) is 24.4 Å². The third-order valence-corrected chi connectivity index (χ3v) is 4.89. The van der Waals surface area contributed by atoms with Gasteiger partial charge in [-0.05, 0) is 55.0 Å². The first-order valence-corrected chi connectivity index (χ1v) is 9.56. The van der Waals surface area contributed by atoms with Crippen LogP contribution in [0, 0.1) is 12.7 Å². The van der Waals surface area contributed by atoms with Gasteiger partial charge in [0.1, 0.15) is 11.6 Å². The number of ketones is 1. The van der Waals surface area contributed by atoms with Crippen LogP contribution in [0.2, 0.25) is 0 Å². The van der Waals surface area contributed by atoms with Crippen LogP contribution < -0.4 is 14.6 Å². The SMILES string of the molecule is COc1ccc(CNC(=S)[C@H](C(=O)c2ccc(F)cc2)[n+]2cccc(C)c2)cc1. The van der Waals surface area contributed by atoms with Crippen LogP contribution in [0.25, 0.3) is 0 Å². The molecular formula is C23H22FN2O2S+. The van der Waals surface area contributed by atoms with Crippen LogP contribution >= 0.6 is 12.2 Å². The number of thiocarbonyl (C=S) groups is 1.